The van der Waals surface area contributed by atoms with Gasteiger partial charge in [-0.2, -0.15) is 5.10 Å². The molecule has 0 bridgehead atoms. The van der Waals surface area contributed by atoms with Crippen molar-refractivity contribution in [2.75, 3.05) is 0 Å². The molecule has 1 unspecified atom stereocenters. The third-order valence-corrected chi connectivity index (χ3v) is 3.15. The highest BCUT2D eigenvalue weighted by atomic mass is 32.1. The summed E-state index contributed by atoms with van der Waals surface area (Å²) >= 11 is 1.36. The fourth-order valence-corrected chi connectivity index (χ4v) is 2.05. The molecule has 2 heterocycles. The number of hydrazine groups is 1. The third kappa shape index (κ3) is 2.43. The lowest BCUT2D eigenvalue weighted by molar-refractivity contribution is 0.559. The van der Waals surface area contributed by atoms with E-state index in [1.54, 1.807) is 6.20 Å². The van der Waals surface area contributed by atoms with E-state index in [1.807, 2.05) is 17.1 Å². The molecule has 1 atom stereocenters. The molecule has 2 aromatic heterocycles. The summed E-state index contributed by atoms with van der Waals surface area (Å²) in [5.74, 6) is 5.53. The molecule has 0 aromatic carbocycles. The normalized spacial score (nSPS) is 12.9. The Morgan fingerprint density at radius 3 is 3.00 bits per heavy atom. The average Bonchev–Trinajstić information content (AvgIpc) is 2.96. The van der Waals surface area contributed by atoms with E-state index < -0.39 is 0 Å². The zero-order chi connectivity index (χ0) is 11.4. The molecule has 2 aromatic rings. The van der Waals surface area contributed by atoms with Gasteiger partial charge in [0.25, 0.3) is 0 Å². The van der Waals surface area contributed by atoms with Crippen molar-refractivity contribution in [1.82, 2.24) is 24.8 Å². The minimum absolute atomic E-state index is 0.0505. The molecule has 0 saturated heterocycles. The van der Waals surface area contributed by atoms with Gasteiger partial charge in [-0.3, -0.25) is 16.0 Å². The second-order valence-corrected chi connectivity index (χ2v) is 4.26. The fourth-order valence-electron chi connectivity index (χ4n) is 1.49. The van der Waals surface area contributed by atoms with Gasteiger partial charge < -0.3 is 0 Å². The Balaban J connectivity index is 2.07. The van der Waals surface area contributed by atoms with Gasteiger partial charge in [-0.1, -0.05) is 4.49 Å². The van der Waals surface area contributed by atoms with Crippen molar-refractivity contribution >= 4 is 11.5 Å². The van der Waals surface area contributed by atoms with E-state index in [-0.39, 0.29) is 6.04 Å². The van der Waals surface area contributed by atoms with Crippen LogP contribution in [0.25, 0.3) is 0 Å². The molecule has 16 heavy (non-hydrogen) atoms. The first-order valence-corrected chi connectivity index (χ1v) is 5.85. The first kappa shape index (κ1) is 11.2. The van der Waals surface area contributed by atoms with Crippen LogP contribution < -0.4 is 11.3 Å². The number of aromatic nitrogens is 4. The monoisotopic (exact) mass is 238 g/mol. The predicted octanol–water partition coefficient (Wildman–Crippen LogP) is 0.502. The summed E-state index contributed by atoms with van der Waals surface area (Å²) in [6.45, 7) is 2.94. The van der Waals surface area contributed by atoms with Gasteiger partial charge in [0.15, 0.2) is 0 Å². The van der Waals surface area contributed by atoms with Crippen LogP contribution >= 0.6 is 11.5 Å². The van der Waals surface area contributed by atoms with E-state index >= 15 is 0 Å². The van der Waals surface area contributed by atoms with E-state index in [0.717, 1.165) is 23.4 Å². The van der Waals surface area contributed by atoms with Crippen LogP contribution in [0.2, 0.25) is 0 Å². The van der Waals surface area contributed by atoms with Crippen LogP contribution in [-0.4, -0.2) is 19.4 Å². The Kier molecular flexibility index (Phi) is 3.60. The number of hydrogen-bond acceptors (Lipinski definition) is 6. The van der Waals surface area contributed by atoms with Crippen LogP contribution in [0.1, 0.15) is 23.4 Å². The minimum Gasteiger partial charge on any atom is -0.273 e. The molecule has 0 aliphatic carbocycles. The van der Waals surface area contributed by atoms with Crippen molar-refractivity contribution in [3.63, 3.8) is 0 Å². The molecular weight excluding hydrogens is 224 g/mol. The van der Waals surface area contributed by atoms with Crippen LogP contribution in [-0.2, 0) is 13.0 Å². The molecule has 0 fully saturated rings. The highest BCUT2D eigenvalue weighted by molar-refractivity contribution is 7.05. The minimum atomic E-state index is 0.0505. The molecule has 0 radical (unpaired) electrons. The van der Waals surface area contributed by atoms with E-state index in [0.29, 0.717) is 0 Å². The van der Waals surface area contributed by atoms with Crippen LogP contribution in [0, 0.1) is 0 Å². The van der Waals surface area contributed by atoms with Crippen LogP contribution in [0.3, 0.4) is 0 Å². The summed E-state index contributed by atoms with van der Waals surface area (Å²) in [5.41, 5.74) is 3.92. The smallest absolute Gasteiger partial charge is 0.0670 e. The topological polar surface area (TPSA) is 81.7 Å². The molecule has 2 rings (SSSR count). The van der Waals surface area contributed by atoms with Gasteiger partial charge in [-0.15, -0.1) is 5.10 Å². The molecule has 86 valence electrons. The quantitative estimate of drug-likeness (QED) is 0.585. The molecule has 3 N–H and O–H groups in total. The summed E-state index contributed by atoms with van der Waals surface area (Å²) in [5, 5.41) is 8.03. The lowest BCUT2D eigenvalue weighted by atomic mass is 10.1. The van der Waals surface area contributed by atoms with Crippen molar-refractivity contribution in [3.05, 3.63) is 29.0 Å². The lowest BCUT2D eigenvalue weighted by Crippen LogP contribution is -2.28. The third-order valence-electron chi connectivity index (χ3n) is 2.37. The maximum Gasteiger partial charge on any atom is 0.0670 e. The molecule has 0 saturated carbocycles. The number of nitrogens with two attached hydrogens (primary N) is 1. The Bertz CT molecular complexity index is 423. The molecule has 6 nitrogen and oxygen atoms in total. The van der Waals surface area contributed by atoms with Crippen LogP contribution in [0.15, 0.2) is 18.6 Å². The van der Waals surface area contributed by atoms with E-state index in [1.165, 1.54) is 11.5 Å². The van der Waals surface area contributed by atoms with E-state index in [9.17, 15) is 0 Å². The van der Waals surface area contributed by atoms with E-state index in [2.05, 4.69) is 27.0 Å². The maximum atomic E-state index is 5.53. The number of aryl methyl sites for hydroxylation is 1. The highest BCUT2D eigenvalue weighted by Crippen LogP contribution is 2.19. The zero-order valence-corrected chi connectivity index (χ0v) is 9.81. The second-order valence-electron chi connectivity index (χ2n) is 3.45. The predicted molar refractivity (Wildman–Crippen MR) is 61.6 cm³/mol. The summed E-state index contributed by atoms with van der Waals surface area (Å²) < 4.78 is 5.73. The summed E-state index contributed by atoms with van der Waals surface area (Å²) in [7, 11) is 0. The largest absolute Gasteiger partial charge is 0.273 e. The Labute approximate surface area is 97.6 Å². The highest BCUT2D eigenvalue weighted by Gasteiger charge is 2.13. The number of hydrogen-bond donors (Lipinski definition) is 2. The van der Waals surface area contributed by atoms with E-state index in [4.69, 9.17) is 5.84 Å². The zero-order valence-electron chi connectivity index (χ0n) is 9.00. The van der Waals surface area contributed by atoms with Crippen LogP contribution in [0.4, 0.5) is 0 Å². The Morgan fingerprint density at radius 1 is 1.56 bits per heavy atom. The molecule has 0 aliphatic rings. The average molecular weight is 238 g/mol. The summed E-state index contributed by atoms with van der Waals surface area (Å²) in [6.07, 6.45) is 6.42. The fraction of sp³-hybridized carbons (Fsp3) is 0.444. The molecule has 0 aliphatic heterocycles. The first-order valence-electron chi connectivity index (χ1n) is 5.08. The summed E-state index contributed by atoms with van der Waals surface area (Å²) in [4.78, 5) is 1.03. The van der Waals surface area contributed by atoms with Gasteiger partial charge >= 0.3 is 0 Å². The molecule has 0 amide bonds. The van der Waals surface area contributed by atoms with Crippen molar-refractivity contribution in [3.8, 4) is 0 Å². The molecule has 0 spiro atoms. The summed E-state index contributed by atoms with van der Waals surface area (Å²) in [6, 6.07) is 0.0505. The molecule has 7 heteroatoms. The van der Waals surface area contributed by atoms with Gasteiger partial charge in [0.2, 0.25) is 0 Å². The number of nitrogens with zero attached hydrogens (tertiary/aromatic N) is 4. The second kappa shape index (κ2) is 5.15. The number of rotatable bonds is 5. The number of nitrogens with one attached hydrogen (secondary N) is 1. The maximum absolute atomic E-state index is 5.53. The van der Waals surface area contributed by atoms with Gasteiger partial charge in [-0.05, 0) is 30.4 Å². The Hall–Kier alpha value is -1.31. The van der Waals surface area contributed by atoms with Gasteiger partial charge in [-0.25, -0.2) is 0 Å². The lowest BCUT2D eigenvalue weighted by Gasteiger charge is -2.11. The molecular formula is C9H14N6S. The van der Waals surface area contributed by atoms with Gasteiger partial charge in [0.05, 0.1) is 23.3 Å². The van der Waals surface area contributed by atoms with Crippen molar-refractivity contribution in [2.24, 2.45) is 5.84 Å². The van der Waals surface area contributed by atoms with Gasteiger partial charge in [0, 0.05) is 12.7 Å². The van der Waals surface area contributed by atoms with Crippen LogP contribution in [0.5, 0.6) is 0 Å². The standard InChI is InChI=1S/C9H14N6S/c1-2-15-6-7(4-12-15)3-8(13-10)9-5-11-14-16-9/h4-6,8,13H,2-3,10H2,1H3. The van der Waals surface area contributed by atoms with Crippen molar-refractivity contribution in [1.29, 1.82) is 0 Å². The Morgan fingerprint density at radius 2 is 2.44 bits per heavy atom. The first-order chi connectivity index (χ1) is 7.83. The van der Waals surface area contributed by atoms with Crippen molar-refractivity contribution < 1.29 is 0 Å². The van der Waals surface area contributed by atoms with Gasteiger partial charge in [0.1, 0.15) is 0 Å². The van der Waals surface area contributed by atoms with Crippen molar-refractivity contribution in [2.45, 2.75) is 25.9 Å². The SMILES string of the molecule is CCn1cc(CC(NN)c2cnns2)cn1.